The summed E-state index contributed by atoms with van der Waals surface area (Å²) in [4.78, 5) is 28.3. The van der Waals surface area contributed by atoms with Crippen LogP contribution in [-0.2, 0) is 15.3 Å². The Bertz CT molecular complexity index is 1620. The van der Waals surface area contributed by atoms with Gasteiger partial charge in [-0.3, -0.25) is 14.5 Å². The first-order valence-electron chi connectivity index (χ1n) is 12.0. The van der Waals surface area contributed by atoms with Crippen molar-refractivity contribution in [3.63, 3.8) is 0 Å². The monoisotopic (exact) mass is 577 g/mol. The molecule has 1 aromatic heterocycles. The summed E-state index contributed by atoms with van der Waals surface area (Å²) in [6, 6.07) is 19.3. The van der Waals surface area contributed by atoms with Gasteiger partial charge in [0.25, 0.3) is 5.78 Å². The fourth-order valence-corrected chi connectivity index (χ4v) is 6.56. The number of rotatable bonds is 7. The predicted octanol–water partition coefficient (Wildman–Crippen LogP) is 6.74. The minimum atomic E-state index is -0.922. The molecule has 0 aliphatic carbocycles. The lowest BCUT2D eigenvalue weighted by atomic mass is 9.93. The van der Waals surface area contributed by atoms with Gasteiger partial charge < -0.3 is 9.84 Å². The largest absolute Gasteiger partial charge is 0.507 e. The number of nitrogens with zero attached hydrogens (tertiary/aromatic N) is 3. The van der Waals surface area contributed by atoms with E-state index in [1.54, 1.807) is 37.4 Å². The van der Waals surface area contributed by atoms with E-state index < -0.39 is 17.7 Å². The summed E-state index contributed by atoms with van der Waals surface area (Å²) in [6.07, 6.45) is 0. The van der Waals surface area contributed by atoms with Gasteiger partial charge in [-0.05, 0) is 54.8 Å². The second-order valence-corrected chi connectivity index (χ2v) is 11.6. The summed E-state index contributed by atoms with van der Waals surface area (Å²) in [6.45, 7) is 3.75. The molecule has 39 heavy (non-hydrogen) atoms. The van der Waals surface area contributed by atoms with Crippen LogP contribution in [0, 0.1) is 13.8 Å². The maximum atomic E-state index is 13.5. The third kappa shape index (κ3) is 5.30. The van der Waals surface area contributed by atoms with Crippen molar-refractivity contribution in [1.29, 1.82) is 0 Å². The Morgan fingerprint density at radius 2 is 1.87 bits per heavy atom. The van der Waals surface area contributed by atoms with Gasteiger partial charge in [0.2, 0.25) is 5.13 Å². The second-order valence-electron chi connectivity index (χ2n) is 8.99. The molecule has 0 bridgehead atoms. The molecule has 0 spiro atoms. The van der Waals surface area contributed by atoms with Crippen LogP contribution in [0.15, 0.2) is 76.6 Å². The molecule has 3 aromatic carbocycles. The molecule has 1 saturated heterocycles. The summed E-state index contributed by atoms with van der Waals surface area (Å²) in [5.41, 5.74) is 3.73. The van der Waals surface area contributed by atoms with E-state index in [-0.39, 0.29) is 16.5 Å². The Morgan fingerprint density at radius 1 is 1.08 bits per heavy atom. The smallest absolute Gasteiger partial charge is 0.301 e. The van der Waals surface area contributed by atoms with Crippen molar-refractivity contribution in [3.05, 3.63) is 105 Å². The van der Waals surface area contributed by atoms with Gasteiger partial charge in [0.1, 0.15) is 11.5 Å². The highest BCUT2D eigenvalue weighted by atomic mass is 35.5. The topological polar surface area (TPSA) is 92.6 Å². The molecule has 1 N–H and O–H groups in total. The molecule has 1 aliphatic heterocycles. The van der Waals surface area contributed by atoms with Crippen LogP contribution in [0.4, 0.5) is 5.13 Å². The number of carbonyl (C=O) groups is 2. The molecule has 10 heteroatoms. The molecule has 1 amide bonds. The Hall–Kier alpha value is -3.66. The number of methoxy groups -OCH3 is 1. The van der Waals surface area contributed by atoms with Crippen LogP contribution in [0.2, 0.25) is 5.02 Å². The van der Waals surface area contributed by atoms with Crippen LogP contribution in [0.5, 0.6) is 5.75 Å². The van der Waals surface area contributed by atoms with E-state index in [2.05, 4.69) is 10.2 Å². The van der Waals surface area contributed by atoms with Gasteiger partial charge in [-0.2, -0.15) is 0 Å². The third-order valence-electron chi connectivity index (χ3n) is 6.41. The molecule has 0 saturated carbocycles. The average molecular weight is 578 g/mol. The summed E-state index contributed by atoms with van der Waals surface area (Å²) in [5.74, 6) is -0.685. The Labute approximate surface area is 239 Å². The minimum absolute atomic E-state index is 0.0116. The van der Waals surface area contributed by atoms with E-state index in [0.29, 0.717) is 32.0 Å². The van der Waals surface area contributed by atoms with Crippen LogP contribution >= 0.6 is 34.7 Å². The number of amides is 1. The number of carbonyl (C=O) groups excluding carboxylic acids is 2. The summed E-state index contributed by atoms with van der Waals surface area (Å²) >= 11 is 8.92. The zero-order valence-electron chi connectivity index (χ0n) is 21.3. The number of ketones is 1. The number of aryl methyl sites for hydroxylation is 2. The SMILES string of the molecule is COc1cccc(C2C(=C(O)c3cc(C)ccc3C)C(=O)C(=O)N2c2nnc(SCc3ccccc3Cl)s2)c1. The van der Waals surface area contributed by atoms with Crippen LogP contribution in [0.25, 0.3) is 5.76 Å². The molecular weight excluding hydrogens is 554 g/mol. The van der Waals surface area contributed by atoms with Crippen LogP contribution in [0.1, 0.15) is 33.9 Å². The van der Waals surface area contributed by atoms with Gasteiger partial charge >= 0.3 is 5.91 Å². The molecule has 0 radical (unpaired) electrons. The van der Waals surface area contributed by atoms with E-state index in [0.717, 1.165) is 16.7 Å². The number of aliphatic hydroxyl groups excluding tert-OH is 1. The highest BCUT2D eigenvalue weighted by molar-refractivity contribution is 8.00. The summed E-state index contributed by atoms with van der Waals surface area (Å²) < 4.78 is 6.02. The van der Waals surface area contributed by atoms with Crippen molar-refractivity contribution in [2.45, 2.75) is 30.0 Å². The van der Waals surface area contributed by atoms with E-state index in [9.17, 15) is 14.7 Å². The molecule has 1 atom stereocenters. The number of ether oxygens (including phenoxy) is 1. The highest BCUT2D eigenvalue weighted by Crippen LogP contribution is 2.45. The van der Waals surface area contributed by atoms with Crippen molar-refractivity contribution >= 4 is 57.3 Å². The predicted molar refractivity (Wildman–Crippen MR) is 155 cm³/mol. The summed E-state index contributed by atoms with van der Waals surface area (Å²) in [5, 5.41) is 20.9. The van der Waals surface area contributed by atoms with Gasteiger partial charge in [0, 0.05) is 16.3 Å². The van der Waals surface area contributed by atoms with Gasteiger partial charge in [0.05, 0.1) is 18.7 Å². The number of aliphatic hydroxyl groups is 1. The molecular formula is C29H24ClN3O4S2. The fraction of sp³-hybridized carbons (Fsp3) is 0.172. The van der Waals surface area contributed by atoms with Crippen molar-refractivity contribution in [1.82, 2.24) is 10.2 Å². The maximum absolute atomic E-state index is 13.5. The van der Waals surface area contributed by atoms with Crippen molar-refractivity contribution < 1.29 is 19.4 Å². The van der Waals surface area contributed by atoms with Crippen molar-refractivity contribution in [2.24, 2.45) is 0 Å². The Kier molecular flexibility index (Phi) is 7.74. The standard InChI is InChI=1S/C29H24ClN3O4S2/c1-16-11-12-17(2)21(13-16)25(34)23-24(18-8-6-9-20(14-18)37-3)33(27(36)26(23)35)28-31-32-29(39-28)38-15-19-7-4-5-10-22(19)30/h4-14,24,34H,15H2,1-3H3. The van der Waals surface area contributed by atoms with Crippen molar-refractivity contribution in [3.8, 4) is 5.75 Å². The number of aromatic nitrogens is 2. The van der Waals surface area contributed by atoms with E-state index >= 15 is 0 Å². The van der Waals surface area contributed by atoms with E-state index in [1.807, 2.05) is 50.2 Å². The first-order valence-corrected chi connectivity index (χ1v) is 14.2. The third-order valence-corrected chi connectivity index (χ3v) is 8.89. The van der Waals surface area contributed by atoms with Gasteiger partial charge in [-0.25, -0.2) is 0 Å². The number of hydrogen-bond donors (Lipinski definition) is 1. The molecule has 7 nitrogen and oxygen atoms in total. The quantitative estimate of drug-likeness (QED) is 0.0855. The minimum Gasteiger partial charge on any atom is -0.507 e. The van der Waals surface area contributed by atoms with Crippen LogP contribution in [-0.4, -0.2) is 34.1 Å². The lowest BCUT2D eigenvalue weighted by Gasteiger charge is -2.23. The Morgan fingerprint density at radius 3 is 2.64 bits per heavy atom. The number of anilines is 1. The zero-order chi connectivity index (χ0) is 27.7. The number of benzene rings is 3. The Balaban J connectivity index is 1.59. The molecule has 1 aliphatic rings. The molecule has 2 heterocycles. The molecule has 198 valence electrons. The van der Waals surface area contributed by atoms with Gasteiger partial charge in [-0.1, -0.05) is 82.7 Å². The fourth-order valence-electron chi connectivity index (χ4n) is 4.41. The first kappa shape index (κ1) is 26.9. The van der Waals surface area contributed by atoms with E-state index in [4.69, 9.17) is 16.3 Å². The zero-order valence-corrected chi connectivity index (χ0v) is 23.7. The molecule has 5 rings (SSSR count). The van der Waals surface area contributed by atoms with Gasteiger partial charge in [-0.15, -0.1) is 10.2 Å². The molecule has 1 unspecified atom stereocenters. The number of halogens is 1. The van der Waals surface area contributed by atoms with Crippen molar-refractivity contribution in [2.75, 3.05) is 12.0 Å². The summed E-state index contributed by atoms with van der Waals surface area (Å²) in [7, 11) is 1.54. The lowest BCUT2D eigenvalue weighted by molar-refractivity contribution is -0.132. The van der Waals surface area contributed by atoms with Crippen LogP contribution < -0.4 is 9.64 Å². The maximum Gasteiger partial charge on any atom is 0.301 e. The normalized spacial score (nSPS) is 16.6. The lowest BCUT2D eigenvalue weighted by Crippen LogP contribution is -2.29. The molecule has 1 fully saturated rings. The number of Topliss-reactive ketones (excluding diaryl/α,β-unsaturated/α-hetero) is 1. The highest BCUT2D eigenvalue weighted by Gasteiger charge is 2.48. The number of hydrogen-bond acceptors (Lipinski definition) is 8. The average Bonchev–Trinajstić information content (AvgIpc) is 3.51. The second kappa shape index (κ2) is 11.2. The van der Waals surface area contributed by atoms with Gasteiger partial charge in [0.15, 0.2) is 4.34 Å². The molecule has 4 aromatic rings. The number of thioether (sulfide) groups is 1. The van der Waals surface area contributed by atoms with E-state index in [1.165, 1.54) is 28.0 Å². The van der Waals surface area contributed by atoms with Crippen LogP contribution in [0.3, 0.4) is 0 Å². The first-order chi connectivity index (χ1) is 18.8.